The van der Waals surface area contributed by atoms with Gasteiger partial charge < -0.3 is 19.6 Å². The number of hydroxylamine groups is 2. The fourth-order valence-electron chi connectivity index (χ4n) is 4.44. The van der Waals surface area contributed by atoms with E-state index in [-0.39, 0.29) is 5.92 Å². The number of para-hydroxylation sites is 1. The molecule has 192 valence electrons. The molecule has 0 bridgehead atoms. The third kappa shape index (κ3) is 5.67. The van der Waals surface area contributed by atoms with Gasteiger partial charge in [0, 0.05) is 30.3 Å². The van der Waals surface area contributed by atoms with Crippen molar-refractivity contribution in [2.24, 2.45) is 0 Å². The molecule has 9 nitrogen and oxygen atoms in total. The highest BCUT2D eigenvalue weighted by atomic mass is 16.8. The van der Waals surface area contributed by atoms with Gasteiger partial charge in [0.1, 0.15) is 11.4 Å². The van der Waals surface area contributed by atoms with E-state index < -0.39 is 11.8 Å². The van der Waals surface area contributed by atoms with Crippen molar-refractivity contribution in [3.8, 4) is 17.0 Å². The van der Waals surface area contributed by atoms with Crippen molar-refractivity contribution in [2.45, 2.75) is 38.7 Å². The molecule has 0 radical (unpaired) electrons. The van der Waals surface area contributed by atoms with Gasteiger partial charge in [-0.1, -0.05) is 24.3 Å². The molecule has 1 saturated heterocycles. The average Bonchev–Trinajstić information content (AvgIpc) is 3.50. The maximum atomic E-state index is 12.0. The first kappa shape index (κ1) is 24.6. The first-order valence-electron chi connectivity index (χ1n) is 12.3. The summed E-state index contributed by atoms with van der Waals surface area (Å²) in [6, 6.07) is 20.1. The first-order valence-corrected chi connectivity index (χ1v) is 12.3. The number of anilines is 2. The molecule has 9 heteroatoms. The number of nitrogens with zero attached hydrogens (tertiary/aromatic N) is 4. The quantitative estimate of drug-likeness (QED) is 0.331. The van der Waals surface area contributed by atoms with Crippen LogP contribution < -0.4 is 10.1 Å². The van der Waals surface area contributed by atoms with Crippen molar-refractivity contribution in [2.75, 3.05) is 25.5 Å². The van der Waals surface area contributed by atoms with Crippen molar-refractivity contribution < 1.29 is 19.1 Å². The molecular weight excluding hydrogens is 470 g/mol. The van der Waals surface area contributed by atoms with Gasteiger partial charge in [0.2, 0.25) is 5.95 Å². The first-order chi connectivity index (χ1) is 17.8. The maximum absolute atomic E-state index is 12.0. The summed E-state index contributed by atoms with van der Waals surface area (Å²) in [4.78, 5) is 21.8. The Morgan fingerprint density at radius 3 is 2.59 bits per heavy atom. The summed E-state index contributed by atoms with van der Waals surface area (Å²) in [6.45, 7) is 6.75. The zero-order valence-corrected chi connectivity index (χ0v) is 21.5. The fourth-order valence-corrected chi connectivity index (χ4v) is 4.44. The number of carbonyl (C=O) groups is 1. The van der Waals surface area contributed by atoms with E-state index >= 15 is 0 Å². The largest absolute Gasteiger partial charge is 0.528 e. The van der Waals surface area contributed by atoms with Gasteiger partial charge in [0.05, 0.1) is 24.5 Å². The third-order valence-electron chi connectivity index (χ3n) is 6.16. The molecule has 2 aromatic carbocycles. The third-order valence-corrected chi connectivity index (χ3v) is 6.16. The number of hydrogen-bond acceptors (Lipinski definition) is 8. The summed E-state index contributed by atoms with van der Waals surface area (Å²) >= 11 is 0. The van der Waals surface area contributed by atoms with Gasteiger partial charge in [0.15, 0.2) is 0 Å². The standard InChI is InChI=1S/C28H31N5O4/c1-28(2,3)36-27(34)37-32-16-15-20(18-32)19-9-11-21(12-10-19)30-26-29-17-22-13-14-24(33(22)31-26)23-7-5-6-8-25(23)35-4/h5-14,17,20H,15-16,18H2,1-4H3,(H,30,31). The van der Waals surface area contributed by atoms with Gasteiger partial charge in [-0.05, 0) is 69.2 Å². The second kappa shape index (κ2) is 10.1. The predicted molar refractivity (Wildman–Crippen MR) is 141 cm³/mol. The van der Waals surface area contributed by atoms with E-state index in [0.717, 1.165) is 34.6 Å². The number of fused-ring (bicyclic) bond motifs is 1. The molecule has 2 aromatic heterocycles. The highest BCUT2D eigenvalue weighted by Crippen LogP contribution is 2.31. The normalized spacial score (nSPS) is 16.1. The van der Waals surface area contributed by atoms with Crippen LogP contribution in [-0.4, -0.2) is 51.6 Å². The average molecular weight is 502 g/mol. The number of carbonyl (C=O) groups excluding carboxylic acids is 1. The Labute approximate surface area is 215 Å². The predicted octanol–water partition coefficient (Wildman–Crippen LogP) is 5.80. The van der Waals surface area contributed by atoms with Crippen LogP contribution in [0.25, 0.3) is 16.8 Å². The van der Waals surface area contributed by atoms with Gasteiger partial charge >= 0.3 is 6.16 Å². The van der Waals surface area contributed by atoms with Gasteiger partial charge in [-0.15, -0.1) is 10.2 Å². The zero-order chi connectivity index (χ0) is 26.0. The Kier molecular flexibility index (Phi) is 6.71. The second-order valence-electron chi connectivity index (χ2n) is 10.0. The lowest BCUT2D eigenvalue weighted by Gasteiger charge is -2.21. The van der Waals surface area contributed by atoms with E-state index in [1.807, 2.05) is 73.8 Å². The van der Waals surface area contributed by atoms with Crippen LogP contribution in [0, 0.1) is 0 Å². The topological polar surface area (TPSA) is 90.2 Å². The summed E-state index contributed by atoms with van der Waals surface area (Å²) in [7, 11) is 1.66. The molecule has 1 aliphatic rings. The van der Waals surface area contributed by atoms with Crippen LogP contribution in [0.5, 0.6) is 5.75 Å². The number of rotatable bonds is 6. The van der Waals surface area contributed by atoms with Crippen LogP contribution in [0.15, 0.2) is 66.9 Å². The van der Waals surface area contributed by atoms with Crippen molar-refractivity contribution >= 4 is 23.3 Å². The van der Waals surface area contributed by atoms with Crippen LogP contribution in [0.1, 0.15) is 38.7 Å². The van der Waals surface area contributed by atoms with Gasteiger partial charge in [0.25, 0.3) is 0 Å². The molecule has 0 spiro atoms. The molecule has 1 fully saturated rings. The van der Waals surface area contributed by atoms with E-state index in [1.165, 1.54) is 5.56 Å². The molecule has 4 aromatic rings. The minimum Gasteiger partial charge on any atom is -0.496 e. The Bertz CT molecular complexity index is 1390. The molecule has 1 N–H and O–H groups in total. The summed E-state index contributed by atoms with van der Waals surface area (Å²) in [5.41, 5.74) is 4.26. The fraction of sp³-hybridized carbons (Fsp3) is 0.321. The van der Waals surface area contributed by atoms with Gasteiger partial charge in [-0.3, -0.25) is 0 Å². The molecule has 1 unspecified atom stereocenters. The van der Waals surface area contributed by atoms with Crippen LogP contribution in [0.3, 0.4) is 0 Å². The maximum Gasteiger partial charge on any atom is 0.528 e. The van der Waals surface area contributed by atoms with Crippen molar-refractivity contribution in [3.63, 3.8) is 0 Å². The van der Waals surface area contributed by atoms with E-state index in [4.69, 9.17) is 19.4 Å². The van der Waals surface area contributed by atoms with E-state index in [0.29, 0.717) is 19.0 Å². The smallest absolute Gasteiger partial charge is 0.496 e. The highest BCUT2D eigenvalue weighted by Gasteiger charge is 2.28. The molecule has 3 heterocycles. The number of methoxy groups -OCH3 is 1. The molecule has 1 atom stereocenters. The molecule has 5 rings (SSSR count). The van der Waals surface area contributed by atoms with E-state index in [9.17, 15) is 4.79 Å². The molecule has 0 saturated carbocycles. The number of nitrogens with one attached hydrogen (secondary N) is 1. The Morgan fingerprint density at radius 1 is 1.05 bits per heavy atom. The molecule has 1 aliphatic heterocycles. The SMILES string of the molecule is COc1ccccc1-c1ccc2cnc(Nc3ccc(C4CCN(OC(=O)OC(C)(C)C)C4)cc3)nn12. The van der Waals surface area contributed by atoms with Crippen LogP contribution in [-0.2, 0) is 9.57 Å². The van der Waals surface area contributed by atoms with Gasteiger partial charge in [-0.25, -0.2) is 14.3 Å². The molecule has 37 heavy (non-hydrogen) atoms. The Hall–Kier alpha value is -4.11. The van der Waals surface area contributed by atoms with Crippen LogP contribution in [0.4, 0.5) is 16.4 Å². The van der Waals surface area contributed by atoms with Crippen molar-refractivity contribution in [1.82, 2.24) is 19.7 Å². The van der Waals surface area contributed by atoms with Crippen LogP contribution in [0.2, 0.25) is 0 Å². The molecule has 0 amide bonds. The highest BCUT2D eigenvalue weighted by molar-refractivity contribution is 5.72. The number of ether oxygens (including phenoxy) is 2. The Morgan fingerprint density at radius 2 is 1.84 bits per heavy atom. The molecule has 0 aliphatic carbocycles. The van der Waals surface area contributed by atoms with E-state index in [2.05, 4.69) is 22.4 Å². The van der Waals surface area contributed by atoms with Crippen molar-refractivity contribution in [3.05, 3.63) is 72.4 Å². The zero-order valence-electron chi connectivity index (χ0n) is 21.5. The second-order valence-corrected chi connectivity index (χ2v) is 10.0. The lowest BCUT2D eigenvalue weighted by molar-refractivity contribution is -0.130. The number of aromatic nitrogens is 3. The lowest BCUT2D eigenvalue weighted by atomic mass is 9.98. The lowest BCUT2D eigenvalue weighted by Crippen LogP contribution is -2.30. The monoisotopic (exact) mass is 501 g/mol. The summed E-state index contributed by atoms with van der Waals surface area (Å²) in [6.07, 6.45) is 2.02. The van der Waals surface area contributed by atoms with Crippen LogP contribution >= 0.6 is 0 Å². The molecular formula is C28H31N5O4. The number of hydrogen-bond donors (Lipinski definition) is 1. The van der Waals surface area contributed by atoms with Crippen molar-refractivity contribution in [1.29, 1.82) is 0 Å². The summed E-state index contributed by atoms with van der Waals surface area (Å²) in [5, 5.41) is 9.68. The summed E-state index contributed by atoms with van der Waals surface area (Å²) in [5.74, 6) is 1.55. The van der Waals surface area contributed by atoms with Gasteiger partial charge in [-0.2, -0.15) is 0 Å². The number of benzene rings is 2. The van der Waals surface area contributed by atoms with E-state index in [1.54, 1.807) is 18.4 Å². The minimum atomic E-state index is -0.666. The Balaban J connectivity index is 1.26. The summed E-state index contributed by atoms with van der Waals surface area (Å²) < 4.78 is 12.6. The minimum absolute atomic E-state index is 0.271.